The summed E-state index contributed by atoms with van der Waals surface area (Å²) in [6, 6.07) is 4.30. The lowest BCUT2D eigenvalue weighted by Gasteiger charge is -2.04. The highest BCUT2D eigenvalue weighted by atomic mass is 32.2. The standard InChI is InChI=1S/C11H16FNOS2/c1-2-15-6-3-7-16(14)11-5-4-9(13)8-10(11)12/h4-5,8H,2-3,6-7,13H2,1H3. The maximum Gasteiger partial charge on any atom is 0.141 e. The molecule has 0 saturated carbocycles. The summed E-state index contributed by atoms with van der Waals surface area (Å²) in [6.45, 7) is 2.08. The van der Waals surface area contributed by atoms with E-state index in [9.17, 15) is 8.60 Å². The molecule has 0 radical (unpaired) electrons. The van der Waals surface area contributed by atoms with Crippen LogP contribution in [0.1, 0.15) is 13.3 Å². The molecule has 2 nitrogen and oxygen atoms in total. The monoisotopic (exact) mass is 261 g/mol. The van der Waals surface area contributed by atoms with E-state index in [1.807, 2.05) is 0 Å². The molecule has 0 amide bonds. The molecule has 0 spiro atoms. The van der Waals surface area contributed by atoms with Crippen LogP contribution in [0.5, 0.6) is 0 Å². The Kier molecular flexibility index (Phi) is 5.84. The van der Waals surface area contributed by atoms with E-state index < -0.39 is 16.6 Å². The van der Waals surface area contributed by atoms with Crippen LogP contribution in [0, 0.1) is 5.82 Å². The first kappa shape index (κ1) is 13.5. The van der Waals surface area contributed by atoms with E-state index in [1.54, 1.807) is 17.8 Å². The normalized spacial score (nSPS) is 12.6. The van der Waals surface area contributed by atoms with Crippen molar-refractivity contribution in [2.24, 2.45) is 0 Å². The molecule has 1 aromatic rings. The Hall–Kier alpha value is -0.550. The average Bonchev–Trinajstić information content (AvgIpc) is 2.24. The van der Waals surface area contributed by atoms with Crippen LogP contribution in [-0.4, -0.2) is 21.5 Å². The third-order valence-electron chi connectivity index (χ3n) is 2.02. The molecule has 0 heterocycles. The van der Waals surface area contributed by atoms with Gasteiger partial charge in [-0.2, -0.15) is 11.8 Å². The quantitative estimate of drug-likeness (QED) is 0.632. The van der Waals surface area contributed by atoms with Gasteiger partial charge in [-0.3, -0.25) is 4.21 Å². The summed E-state index contributed by atoms with van der Waals surface area (Å²) in [5.41, 5.74) is 5.79. The smallest absolute Gasteiger partial charge is 0.141 e. The number of nitrogens with two attached hydrogens (primary N) is 1. The largest absolute Gasteiger partial charge is 0.399 e. The number of thioether (sulfide) groups is 1. The van der Waals surface area contributed by atoms with Crippen molar-refractivity contribution in [2.75, 3.05) is 23.0 Å². The number of rotatable bonds is 6. The molecule has 0 saturated heterocycles. The highest BCUT2D eigenvalue weighted by molar-refractivity contribution is 7.99. The van der Waals surface area contributed by atoms with Crippen LogP contribution in [0.15, 0.2) is 23.1 Å². The van der Waals surface area contributed by atoms with E-state index in [0.717, 1.165) is 17.9 Å². The highest BCUT2D eigenvalue weighted by Crippen LogP contribution is 2.16. The maximum absolute atomic E-state index is 13.4. The van der Waals surface area contributed by atoms with Gasteiger partial charge >= 0.3 is 0 Å². The summed E-state index contributed by atoms with van der Waals surface area (Å²) in [5, 5.41) is 0. The van der Waals surface area contributed by atoms with E-state index in [-0.39, 0.29) is 4.90 Å². The first-order valence-electron chi connectivity index (χ1n) is 5.16. The predicted octanol–water partition coefficient (Wildman–Crippen LogP) is 2.66. The Morgan fingerprint density at radius 2 is 2.25 bits per heavy atom. The Bertz CT molecular complexity index is 371. The molecule has 2 N–H and O–H groups in total. The fraction of sp³-hybridized carbons (Fsp3) is 0.455. The third-order valence-corrected chi connectivity index (χ3v) is 4.49. The zero-order valence-electron chi connectivity index (χ0n) is 9.24. The van der Waals surface area contributed by atoms with E-state index in [0.29, 0.717) is 11.4 Å². The van der Waals surface area contributed by atoms with Crippen molar-refractivity contribution in [3.63, 3.8) is 0 Å². The van der Waals surface area contributed by atoms with E-state index >= 15 is 0 Å². The van der Waals surface area contributed by atoms with Gasteiger partial charge in [0.15, 0.2) is 0 Å². The zero-order chi connectivity index (χ0) is 12.0. The van der Waals surface area contributed by atoms with Gasteiger partial charge < -0.3 is 5.73 Å². The van der Waals surface area contributed by atoms with Crippen molar-refractivity contribution in [3.05, 3.63) is 24.0 Å². The lowest BCUT2D eigenvalue weighted by atomic mass is 10.3. The van der Waals surface area contributed by atoms with Crippen molar-refractivity contribution in [1.82, 2.24) is 0 Å². The van der Waals surface area contributed by atoms with Gasteiger partial charge in [-0.15, -0.1) is 0 Å². The van der Waals surface area contributed by atoms with Gasteiger partial charge in [-0.1, -0.05) is 6.92 Å². The summed E-state index contributed by atoms with van der Waals surface area (Å²) >= 11 is 1.80. The topological polar surface area (TPSA) is 43.1 Å². The van der Waals surface area contributed by atoms with Crippen molar-refractivity contribution < 1.29 is 8.60 Å². The molecule has 0 aliphatic carbocycles. The van der Waals surface area contributed by atoms with Crippen LogP contribution in [0.4, 0.5) is 10.1 Å². The highest BCUT2D eigenvalue weighted by Gasteiger charge is 2.09. The molecule has 1 unspecified atom stereocenters. The van der Waals surface area contributed by atoms with Gasteiger partial charge in [0, 0.05) is 11.4 Å². The molecule has 5 heteroatoms. The molecular formula is C11H16FNOS2. The SMILES string of the molecule is CCSCCCS(=O)c1ccc(N)cc1F. The Morgan fingerprint density at radius 3 is 2.88 bits per heavy atom. The number of hydrogen-bond donors (Lipinski definition) is 1. The molecule has 90 valence electrons. The van der Waals surface area contributed by atoms with Gasteiger partial charge in [0.1, 0.15) is 5.82 Å². The first-order chi connectivity index (χ1) is 7.65. The van der Waals surface area contributed by atoms with Crippen LogP contribution in [0.25, 0.3) is 0 Å². The van der Waals surface area contributed by atoms with Gasteiger partial charge in [-0.05, 0) is 36.1 Å². The number of anilines is 1. The van der Waals surface area contributed by atoms with Crippen LogP contribution < -0.4 is 5.73 Å². The number of benzene rings is 1. The lowest BCUT2D eigenvalue weighted by Crippen LogP contribution is -2.02. The lowest BCUT2D eigenvalue weighted by molar-refractivity contribution is 0.596. The minimum absolute atomic E-state index is 0.260. The zero-order valence-corrected chi connectivity index (χ0v) is 10.9. The molecule has 0 aliphatic rings. The van der Waals surface area contributed by atoms with Crippen LogP contribution in [0.3, 0.4) is 0 Å². The number of hydrogen-bond acceptors (Lipinski definition) is 3. The van der Waals surface area contributed by atoms with Crippen molar-refractivity contribution in [1.29, 1.82) is 0 Å². The summed E-state index contributed by atoms with van der Waals surface area (Å²) < 4.78 is 25.2. The second-order valence-corrected chi connectivity index (χ2v) is 6.22. The Labute approximate surface area is 102 Å². The van der Waals surface area contributed by atoms with E-state index in [2.05, 4.69) is 6.92 Å². The van der Waals surface area contributed by atoms with Crippen molar-refractivity contribution in [3.8, 4) is 0 Å². The molecular weight excluding hydrogens is 245 g/mol. The second-order valence-electron chi connectivity index (χ2n) is 3.29. The third kappa shape index (κ3) is 4.14. The molecule has 0 bridgehead atoms. The predicted molar refractivity (Wildman–Crippen MR) is 69.7 cm³/mol. The maximum atomic E-state index is 13.4. The fourth-order valence-electron chi connectivity index (χ4n) is 1.25. The molecule has 0 aliphatic heterocycles. The van der Waals surface area contributed by atoms with Crippen LogP contribution in [-0.2, 0) is 10.8 Å². The second kappa shape index (κ2) is 6.91. The average molecular weight is 261 g/mol. The van der Waals surface area contributed by atoms with Crippen molar-refractivity contribution >= 4 is 28.2 Å². The van der Waals surface area contributed by atoms with Crippen LogP contribution in [0.2, 0.25) is 0 Å². The number of nitrogen functional groups attached to an aromatic ring is 1. The summed E-state index contributed by atoms with van der Waals surface area (Å²) in [7, 11) is -1.25. The molecule has 1 rings (SSSR count). The molecule has 1 aromatic carbocycles. The van der Waals surface area contributed by atoms with Crippen LogP contribution >= 0.6 is 11.8 Å². The molecule has 0 aromatic heterocycles. The van der Waals surface area contributed by atoms with Gasteiger partial charge in [-0.25, -0.2) is 4.39 Å². The summed E-state index contributed by atoms with van der Waals surface area (Å²) in [6.07, 6.45) is 0.842. The van der Waals surface area contributed by atoms with Gasteiger partial charge in [0.25, 0.3) is 0 Å². The first-order valence-corrected chi connectivity index (χ1v) is 7.63. The summed E-state index contributed by atoms with van der Waals surface area (Å²) in [5.74, 6) is 2.07. The fourth-order valence-corrected chi connectivity index (χ4v) is 3.19. The number of halogens is 1. The Morgan fingerprint density at radius 1 is 1.50 bits per heavy atom. The molecule has 0 fully saturated rings. The van der Waals surface area contributed by atoms with Crippen molar-refractivity contribution in [2.45, 2.75) is 18.2 Å². The van der Waals surface area contributed by atoms with E-state index in [4.69, 9.17) is 5.73 Å². The van der Waals surface area contributed by atoms with E-state index in [1.165, 1.54) is 12.1 Å². The molecule has 16 heavy (non-hydrogen) atoms. The summed E-state index contributed by atoms with van der Waals surface area (Å²) in [4.78, 5) is 0.260. The Balaban J connectivity index is 2.53. The van der Waals surface area contributed by atoms with Gasteiger partial charge in [0.2, 0.25) is 0 Å². The molecule has 1 atom stereocenters. The van der Waals surface area contributed by atoms with Gasteiger partial charge in [0.05, 0.1) is 15.7 Å². The minimum Gasteiger partial charge on any atom is -0.399 e. The minimum atomic E-state index is -1.25.